The van der Waals surface area contributed by atoms with Crippen molar-refractivity contribution in [2.24, 2.45) is 0 Å². The number of nitrogens with zero attached hydrogens (tertiary/aromatic N) is 2. The number of hydrogen-bond acceptors (Lipinski definition) is 6. The van der Waals surface area contributed by atoms with Crippen LogP contribution in [0.1, 0.15) is 6.42 Å². The Morgan fingerprint density at radius 2 is 2.41 bits per heavy atom. The molecule has 1 atom stereocenters. The average Bonchev–Trinajstić information content (AvgIpc) is 2.86. The maximum atomic E-state index is 5.50. The molecule has 0 aromatic carbocycles. The summed E-state index contributed by atoms with van der Waals surface area (Å²) in [6.07, 6.45) is 2.53. The maximum absolute atomic E-state index is 5.50. The minimum absolute atomic E-state index is 0.271. The van der Waals surface area contributed by atoms with E-state index in [1.807, 2.05) is 0 Å². The van der Waals surface area contributed by atoms with Gasteiger partial charge < -0.3 is 19.5 Å². The molecule has 17 heavy (non-hydrogen) atoms. The van der Waals surface area contributed by atoms with Crippen molar-refractivity contribution < 1.29 is 14.2 Å². The van der Waals surface area contributed by atoms with Crippen molar-refractivity contribution in [2.75, 3.05) is 39.3 Å². The van der Waals surface area contributed by atoms with Gasteiger partial charge in [-0.15, -0.1) is 0 Å². The van der Waals surface area contributed by atoms with Crippen LogP contribution in [0, 0.1) is 0 Å². The summed E-state index contributed by atoms with van der Waals surface area (Å²) in [6, 6.07) is 1.70. The molecule has 2 heterocycles. The summed E-state index contributed by atoms with van der Waals surface area (Å²) in [5, 5.41) is 3.15. The quantitative estimate of drug-likeness (QED) is 0.816. The van der Waals surface area contributed by atoms with Crippen molar-refractivity contribution in [1.29, 1.82) is 0 Å². The van der Waals surface area contributed by atoms with Crippen LogP contribution in [-0.2, 0) is 9.47 Å². The summed E-state index contributed by atoms with van der Waals surface area (Å²) < 4.78 is 15.9. The van der Waals surface area contributed by atoms with Gasteiger partial charge in [0.15, 0.2) is 0 Å². The van der Waals surface area contributed by atoms with Crippen LogP contribution in [0.4, 0.5) is 5.95 Å². The minimum atomic E-state index is -0.271. The molecule has 1 aromatic rings. The van der Waals surface area contributed by atoms with Gasteiger partial charge in [0.25, 0.3) is 0 Å². The first kappa shape index (κ1) is 12.1. The Kier molecular flexibility index (Phi) is 3.75. The van der Waals surface area contributed by atoms with Crippen molar-refractivity contribution in [3.05, 3.63) is 12.3 Å². The Labute approximate surface area is 100 Å². The van der Waals surface area contributed by atoms with Gasteiger partial charge in [-0.3, -0.25) is 0 Å². The molecule has 2 rings (SSSR count). The van der Waals surface area contributed by atoms with Crippen LogP contribution in [0.25, 0.3) is 0 Å². The topological polar surface area (TPSA) is 65.5 Å². The molecule has 0 aliphatic carbocycles. The molecule has 94 valence electrons. The second-order valence-electron chi connectivity index (χ2n) is 3.97. The first-order chi connectivity index (χ1) is 8.28. The van der Waals surface area contributed by atoms with Crippen LogP contribution in [0.3, 0.4) is 0 Å². The Bertz CT molecular complexity index is 367. The normalized spacial score (nSPS) is 23.6. The van der Waals surface area contributed by atoms with E-state index >= 15 is 0 Å². The van der Waals surface area contributed by atoms with E-state index < -0.39 is 0 Å². The number of anilines is 1. The van der Waals surface area contributed by atoms with Gasteiger partial charge in [0, 0.05) is 38.9 Å². The molecule has 1 saturated heterocycles. The van der Waals surface area contributed by atoms with E-state index in [9.17, 15) is 0 Å². The Balaban J connectivity index is 1.96. The SMILES string of the molecule is COc1ccnc(NCC2(OC)CCOC2)n1. The van der Waals surface area contributed by atoms with Crippen LogP contribution >= 0.6 is 0 Å². The molecule has 6 heteroatoms. The largest absolute Gasteiger partial charge is 0.481 e. The number of aromatic nitrogens is 2. The van der Waals surface area contributed by atoms with E-state index in [0.717, 1.165) is 13.0 Å². The van der Waals surface area contributed by atoms with Crippen LogP contribution in [0.5, 0.6) is 5.88 Å². The van der Waals surface area contributed by atoms with Gasteiger partial charge in [0.2, 0.25) is 11.8 Å². The monoisotopic (exact) mass is 239 g/mol. The lowest BCUT2D eigenvalue weighted by Gasteiger charge is -2.25. The summed E-state index contributed by atoms with van der Waals surface area (Å²) in [5.41, 5.74) is -0.271. The van der Waals surface area contributed by atoms with E-state index in [1.54, 1.807) is 26.5 Å². The highest BCUT2D eigenvalue weighted by Crippen LogP contribution is 2.22. The van der Waals surface area contributed by atoms with E-state index in [2.05, 4.69) is 15.3 Å². The standard InChI is InChI=1S/C11H17N3O3/c1-15-9-3-5-12-10(14-9)13-7-11(16-2)4-6-17-8-11/h3,5H,4,6-8H2,1-2H3,(H,12,13,14). The molecule has 1 aliphatic heterocycles. The minimum Gasteiger partial charge on any atom is -0.481 e. The van der Waals surface area contributed by atoms with E-state index in [-0.39, 0.29) is 5.60 Å². The third-order valence-corrected chi connectivity index (χ3v) is 2.91. The lowest BCUT2D eigenvalue weighted by molar-refractivity contribution is -0.00631. The van der Waals surface area contributed by atoms with Crippen LogP contribution in [0.15, 0.2) is 12.3 Å². The molecule has 0 radical (unpaired) electrons. The summed E-state index contributed by atoms with van der Waals surface area (Å²) in [5.74, 6) is 1.07. The van der Waals surface area contributed by atoms with Gasteiger partial charge in [0.05, 0.1) is 13.7 Å². The van der Waals surface area contributed by atoms with Gasteiger partial charge in [-0.2, -0.15) is 4.98 Å². The van der Waals surface area contributed by atoms with Crippen LogP contribution < -0.4 is 10.1 Å². The van der Waals surface area contributed by atoms with Gasteiger partial charge in [0.1, 0.15) is 5.60 Å². The smallest absolute Gasteiger partial charge is 0.226 e. The Morgan fingerprint density at radius 1 is 1.53 bits per heavy atom. The molecule has 1 fully saturated rings. The molecular formula is C11H17N3O3. The van der Waals surface area contributed by atoms with E-state index in [1.165, 1.54) is 0 Å². The van der Waals surface area contributed by atoms with Crippen molar-refractivity contribution in [3.63, 3.8) is 0 Å². The zero-order valence-electron chi connectivity index (χ0n) is 10.1. The molecule has 6 nitrogen and oxygen atoms in total. The number of nitrogens with one attached hydrogen (secondary N) is 1. The van der Waals surface area contributed by atoms with Gasteiger partial charge in [-0.05, 0) is 0 Å². The highest BCUT2D eigenvalue weighted by molar-refractivity contribution is 5.28. The fraction of sp³-hybridized carbons (Fsp3) is 0.636. The van der Waals surface area contributed by atoms with Crippen molar-refractivity contribution >= 4 is 5.95 Å². The Morgan fingerprint density at radius 3 is 3.06 bits per heavy atom. The summed E-state index contributed by atoms with van der Waals surface area (Å²) in [7, 11) is 3.27. The zero-order valence-corrected chi connectivity index (χ0v) is 10.1. The lowest BCUT2D eigenvalue weighted by Crippen LogP contribution is -2.39. The Hall–Kier alpha value is -1.40. The first-order valence-corrected chi connectivity index (χ1v) is 5.52. The summed E-state index contributed by atoms with van der Waals surface area (Å²) in [4.78, 5) is 8.29. The second-order valence-corrected chi connectivity index (χ2v) is 3.97. The molecule has 0 spiro atoms. The van der Waals surface area contributed by atoms with Crippen molar-refractivity contribution in [2.45, 2.75) is 12.0 Å². The lowest BCUT2D eigenvalue weighted by atomic mass is 10.0. The molecule has 1 unspecified atom stereocenters. The number of ether oxygens (including phenoxy) is 3. The predicted molar refractivity (Wildman–Crippen MR) is 62.2 cm³/mol. The molecule has 1 N–H and O–H groups in total. The predicted octanol–water partition coefficient (Wildman–Crippen LogP) is 0.703. The van der Waals surface area contributed by atoms with Gasteiger partial charge >= 0.3 is 0 Å². The maximum Gasteiger partial charge on any atom is 0.226 e. The van der Waals surface area contributed by atoms with E-state index in [0.29, 0.717) is 25.0 Å². The summed E-state index contributed by atoms with van der Waals surface area (Å²) in [6.45, 7) is 1.95. The highest BCUT2D eigenvalue weighted by atomic mass is 16.5. The number of rotatable bonds is 5. The van der Waals surface area contributed by atoms with Crippen molar-refractivity contribution in [1.82, 2.24) is 9.97 Å². The highest BCUT2D eigenvalue weighted by Gasteiger charge is 2.34. The molecular weight excluding hydrogens is 222 g/mol. The third-order valence-electron chi connectivity index (χ3n) is 2.91. The third kappa shape index (κ3) is 2.83. The zero-order chi connectivity index (χ0) is 12.1. The molecule has 0 bridgehead atoms. The van der Waals surface area contributed by atoms with Crippen LogP contribution in [0.2, 0.25) is 0 Å². The molecule has 1 aliphatic rings. The van der Waals surface area contributed by atoms with Crippen LogP contribution in [-0.4, -0.2) is 49.5 Å². The van der Waals surface area contributed by atoms with Crippen molar-refractivity contribution in [3.8, 4) is 5.88 Å². The molecule has 1 aromatic heterocycles. The van der Waals surface area contributed by atoms with Gasteiger partial charge in [-0.25, -0.2) is 4.98 Å². The molecule has 0 amide bonds. The van der Waals surface area contributed by atoms with E-state index in [4.69, 9.17) is 14.2 Å². The number of methoxy groups -OCH3 is 2. The molecule has 0 saturated carbocycles. The fourth-order valence-corrected chi connectivity index (χ4v) is 1.74. The average molecular weight is 239 g/mol. The first-order valence-electron chi connectivity index (χ1n) is 5.52. The van der Waals surface area contributed by atoms with Gasteiger partial charge in [-0.1, -0.05) is 0 Å². The second kappa shape index (κ2) is 5.29. The fourth-order valence-electron chi connectivity index (χ4n) is 1.74. The summed E-state index contributed by atoms with van der Waals surface area (Å²) >= 11 is 0. The number of hydrogen-bond donors (Lipinski definition) is 1.